The molecule has 3 aromatic rings. The van der Waals surface area contributed by atoms with Crippen molar-refractivity contribution in [1.82, 2.24) is 14.5 Å². The van der Waals surface area contributed by atoms with E-state index in [1.807, 2.05) is 44.4 Å². The van der Waals surface area contributed by atoms with Crippen molar-refractivity contribution in [3.05, 3.63) is 53.0 Å². The number of hydrogen-bond donors (Lipinski definition) is 0. The number of benzene rings is 1. The van der Waals surface area contributed by atoms with Gasteiger partial charge in [-0.2, -0.15) is 4.90 Å². The summed E-state index contributed by atoms with van der Waals surface area (Å²) in [4.78, 5) is 49.8. The molecule has 2 aliphatic rings. The third-order valence-electron chi connectivity index (χ3n) is 7.71. The lowest BCUT2D eigenvalue weighted by molar-refractivity contribution is -0.149. The molecule has 2 saturated heterocycles. The first-order chi connectivity index (χ1) is 22.3. The highest BCUT2D eigenvalue weighted by Crippen LogP contribution is 2.52. The molecule has 2 aromatic heterocycles. The number of anilines is 1. The van der Waals surface area contributed by atoms with Gasteiger partial charge in [0.25, 0.3) is 0 Å². The van der Waals surface area contributed by atoms with Crippen LogP contribution in [0.1, 0.15) is 87.8 Å². The first kappa shape index (κ1) is 35.2. The fourth-order valence-corrected chi connectivity index (χ4v) is 7.16. The lowest BCUT2D eigenvalue weighted by atomic mass is 10.0. The molecule has 256 valence electrons. The van der Waals surface area contributed by atoms with Crippen LogP contribution in [-0.2, 0) is 23.7 Å². The van der Waals surface area contributed by atoms with E-state index in [0.717, 1.165) is 16.0 Å². The summed E-state index contributed by atoms with van der Waals surface area (Å²) in [6.45, 7) is 17.7. The van der Waals surface area contributed by atoms with E-state index < -0.39 is 52.7 Å². The molecule has 2 fully saturated rings. The van der Waals surface area contributed by atoms with Gasteiger partial charge in [-0.05, 0) is 86.4 Å². The van der Waals surface area contributed by atoms with Crippen LogP contribution in [0, 0.1) is 26.2 Å². The van der Waals surface area contributed by atoms with Crippen molar-refractivity contribution in [2.24, 2.45) is 0 Å². The molecule has 0 saturated carbocycles. The molecule has 1 aromatic carbocycles. The highest BCUT2D eigenvalue weighted by atomic mass is 32.2. The third-order valence-corrected chi connectivity index (χ3v) is 9.24. The van der Waals surface area contributed by atoms with E-state index in [2.05, 4.69) is 15.9 Å². The molecule has 0 radical (unpaired) electrons. The Bertz CT molecular complexity index is 1770. The number of aryl methyl sites for hydroxylation is 1. The molecular weight excluding hydrogens is 636 g/mol. The molecule has 4 heterocycles. The number of carbonyl (C=O) groups excluding carboxylic acids is 3. The Kier molecular flexibility index (Phi) is 9.33. The average molecular weight is 679 g/mol. The van der Waals surface area contributed by atoms with Crippen molar-refractivity contribution >= 4 is 46.8 Å². The highest BCUT2D eigenvalue weighted by molar-refractivity contribution is 8.00. The van der Waals surface area contributed by atoms with Gasteiger partial charge in [-0.15, -0.1) is 18.2 Å². The predicted octanol–water partition coefficient (Wildman–Crippen LogP) is 6.70. The minimum Gasteiger partial charge on any atom is -0.461 e. The maximum absolute atomic E-state index is 13.5. The van der Waals surface area contributed by atoms with Crippen LogP contribution < -0.4 is 4.90 Å². The van der Waals surface area contributed by atoms with E-state index in [-0.39, 0.29) is 23.1 Å². The van der Waals surface area contributed by atoms with Gasteiger partial charge in [0.15, 0.2) is 11.6 Å². The van der Waals surface area contributed by atoms with E-state index in [9.17, 15) is 14.4 Å². The fourth-order valence-electron chi connectivity index (χ4n) is 5.63. The standard InChI is InChI=1S/C35H42N4O8S/c1-12-21-16-38(27-24(21)28(37-18-36-27)39(31(41)46-33(4,5)6)32(42)47-34(7,8)9)29-26-25(44-35(10,11)45-26)23(48-29)17-43-30(40)22-15-13-14-19(2)20(22)3/h1,13-16,18,23,25-26,29H,17H2,2-11H3/t23-,25-,26-,29-/m1/s1. The van der Waals surface area contributed by atoms with E-state index in [4.69, 9.17) is 30.1 Å². The Balaban J connectivity index is 1.53. The van der Waals surface area contributed by atoms with Crippen LogP contribution in [0.4, 0.5) is 15.4 Å². The number of nitrogens with zero attached hydrogens (tertiary/aromatic N) is 4. The average Bonchev–Trinajstić information content (AvgIpc) is 3.59. The Hall–Kier alpha value is -4.12. The molecule has 13 heteroatoms. The topological polar surface area (TPSA) is 131 Å². The third kappa shape index (κ3) is 7.16. The molecule has 4 atom stereocenters. The second kappa shape index (κ2) is 12.7. The molecule has 12 nitrogen and oxygen atoms in total. The largest absolute Gasteiger partial charge is 0.461 e. The molecular formula is C35H42N4O8S. The normalized spacial score (nSPS) is 21.8. The van der Waals surface area contributed by atoms with Crippen LogP contribution in [-0.4, -0.2) is 73.7 Å². The molecule has 0 N–H and O–H groups in total. The lowest BCUT2D eigenvalue weighted by Gasteiger charge is -2.28. The van der Waals surface area contributed by atoms with Crippen LogP contribution in [0.25, 0.3) is 11.0 Å². The monoisotopic (exact) mass is 678 g/mol. The minimum absolute atomic E-state index is 0.0699. The summed E-state index contributed by atoms with van der Waals surface area (Å²) in [5.74, 6) is 1.24. The van der Waals surface area contributed by atoms with Crippen LogP contribution >= 0.6 is 11.8 Å². The molecule has 2 amide bonds. The van der Waals surface area contributed by atoms with Crippen molar-refractivity contribution in [3.63, 3.8) is 0 Å². The van der Waals surface area contributed by atoms with Gasteiger partial charge in [0.2, 0.25) is 0 Å². The van der Waals surface area contributed by atoms with Gasteiger partial charge >= 0.3 is 18.2 Å². The number of aromatic nitrogens is 3. The van der Waals surface area contributed by atoms with Gasteiger partial charge in [-0.25, -0.2) is 24.4 Å². The SMILES string of the molecule is C#Cc1cn([C@@H]2S[C@H](COC(=O)c3cccc(C)c3C)[C@H]3OC(C)(C)O[C@H]32)c2ncnc(N(C(=O)OC(C)(C)C)C(=O)OC(C)(C)C)c12. The number of fused-ring (bicyclic) bond motifs is 2. The molecule has 2 aliphatic heterocycles. The Morgan fingerprint density at radius 2 is 1.65 bits per heavy atom. The smallest absolute Gasteiger partial charge is 0.425 e. The summed E-state index contributed by atoms with van der Waals surface area (Å²) in [5.41, 5.74) is 1.19. The van der Waals surface area contributed by atoms with Crippen LogP contribution in [0.3, 0.4) is 0 Å². The van der Waals surface area contributed by atoms with Crippen LogP contribution in [0.2, 0.25) is 0 Å². The van der Waals surface area contributed by atoms with Gasteiger partial charge in [-0.3, -0.25) is 0 Å². The Morgan fingerprint density at radius 1 is 1.02 bits per heavy atom. The van der Waals surface area contributed by atoms with Crippen LogP contribution in [0.5, 0.6) is 0 Å². The second-order valence-corrected chi connectivity index (χ2v) is 15.6. The van der Waals surface area contributed by atoms with Gasteiger partial charge in [0.1, 0.15) is 47.4 Å². The lowest BCUT2D eigenvalue weighted by Crippen LogP contribution is -2.44. The minimum atomic E-state index is -0.984. The quantitative estimate of drug-likeness (QED) is 0.162. The zero-order valence-electron chi connectivity index (χ0n) is 28.9. The summed E-state index contributed by atoms with van der Waals surface area (Å²) in [6, 6.07) is 5.52. The number of amides is 2. The van der Waals surface area contributed by atoms with Gasteiger partial charge in [0, 0.05) is 6.20 Å². The molecule has 5 rings (SSSR count). The fraction of sp³-hybridized carbons (Fsp3) is 0.514. The van der Waals surface area contributed by atoms with Crippen LogP contribution in [0.15, 0.2) is 30.7 Å². The van der Waals surface area contributed by atoms with E-state index in [0.29, 0.717) is 16.8 Å². The molecule has 0 bridgehead atoms. The number of ether oxygens (including phenoxy) is 5. The number of imide groups is 1. The van der Waals surface area contributed by atoms with Crippen molar-refractivity contribution in [1.29, 1.82) is 0 Å². The summed E-state index contributed by atoms with van der Waals surface area (Å²) in [6.07, 6.45) is 6.06. The number of thioether (sulfide) groups is 1. The molecule has 48 heavy (non-hydrogen) atoms. The summed E-state index contributed by atoms with van der Waals surface area (Å²) in [7, 11) is 0. The Labute approximate surface area is 284 Å². The summed E-state index contributed by atoms with van der Waals surface area (Å²) >= 11 is 1.49. The summed E-state index contributed by atoms with van der Waals surface area (Å²) in [5, 5.41) is -0.467. The number of carbonyl (C=O) groups is 3. The van der Waals surface area contributed by atoms with Crippen molar-refractivity contribution in [3.8, 4) is 12.3 Å². The van der Waals surface area contributed by atoms with E-state index >= 15 is 0 Å². The Morgan fingerprint density at radius 3 is 2.25 bits per heavy atom. The molecule has 0 aliphatic carbocycles. The first-order valence-corrected chi connectivity index (χ1v) is 16.6. The number of esters is 1. The maximum atomic E-state index is 13.5. The number of hydrogen-bond acceptors (Lipinski definition) is 11. The van der Waals surface area contributed by atoms with Crippen molar-refractivity contribution in [2.45, 2.75) is 109 Å². The van der Waals surface area contributed by atoms with Crippen molar-refractivity contribution < 1.29 is 38.1 Å². The maximum Gasteiger partial charge on any atom is 0.425 e. The predicted molar refractivity (Wildman–Crippen MR) is 181 cm³/mol. The van der Waals surface area contributed by atoms with Gasteiger partial charge in [0.05, 0.1) is 21.8 Å². The van der Waals surface area contributed by atoms with E-state index in [1.54, 1.807) is 53.8 Å². The van der Waals surface area contributed by atoms with Gasteiger partial charge < -0.3 is 28.3 Å². The van der Waals surface area contributed by atoms with Crippen molar-refractivity contribution in [2.75, 3.05) is 11.5 Å². The summed E-state index contributed by atoms with van der Waals surface area (Å²) < 4.78 is 31.6. The van der Waals surface area contributed by atoms with E-state index in [1.165, 1.54) is 18.1 Å². The zero-order valence-corrected chi connectivity index (χ0v) is 29.8. The first-order valence-electron chi connectivity index (χ1n) is 15.6. The number of terminal acetylenes is 1. The number of rotatable bonds is 5. The highest BCUT2D eigenvalue weighted by Gasteiger charge is 2.56. The molecule has 0 spiro atoms. The van der Waals surface area contributed by atoms with Gasteiger partial charge in [-0.1, -0.05) is 18.1 Å². The zero-order chi connectivity index (χ0) is 35.3. The molecule has 0 unspecified atom stereocenters. The second-order valence-electron chi connectivity index (χ2n) is 14.3.